The summed E-state index contributed by atoms with van der Waals surface area (Å²) >= 11 is 0. The molecule has 4 nitrogen and oxygen atoms in total. The Hall–Kier alpha value is -2.82. The molecule has 0 amide bonds. The summed E-state index contributed by atoms with van der Waals surface area (Å²) < 4.78 is 18.2. The Morgan fingerprint density at radius 2 is 1.85 bits per heavy atom. The van der Waals surface area contributed by atoms with E-state index in [1.807, 2.05) is 0 Å². The maximum absolute atomic E-state index is 13.1. The molecular formula is C15H10FNO3. The van der Waals surface area contributed by atoms with Gasteiger partial charge in [-0.1, -0.05) is 0 Å². The largest absolute Gasteiger partial charge is 0.508 e. The molecular weight excluding hydrogens is 261 g/mol. The number of phenols is 1. The van der Waals surface area contributed by atoms with Crippen molar-refractivity contribution in [3.05, 3.63) is 58.7 Å². The lowest BCUT2D eigenvalue weighted by Gasteiger charge is -2.08. The molecule has 5 heteroatoms. The fourth-order valence-electron chi connectivity index (χ4n) is 2.15. The van der Waals surface area contributed by atoms with Gasteiger partial charge in [-0.05, 0) is 30.3 Å². The van der Waals surface area contributed by atoms with Crippen molar-refractivity contribution >= 4 is 16.7 Å². The molecule has 0 aliphatic carbocycles. The highest BCUT2D eigenvalue weighted by Gasteiger charge is 2.11. The smallest absolute Gasteiger partial charge is 0.336 e. The zero-order valence-electron chi connectivity index (χ0n) is 10.3. The summed E-state index contributed by atoms with van der Waals surface area (Å²) in [6.45, 7) is 0. The molecule has 20 heavy (non-hydrogen) atoms. The normalized spacial score (nSPS) is 10.8. The van der Waals surface area contributed by atoms with Gasteiger partial charge in [0.2, 0.25) is 0 Å². The number of aromatic hydroxyl groups is 1. The van der Waals surface area contributed by atoms with E-state index in [0.29, 0.717) is 16.5 Å². The molecule has 0 aliphatic rings. The van der Waals surface area contributed by atoms with E-state index >= 15 is 0 Å². The molecule has 0 saturated carbocycles. The molecule has 100 valence electrons. The van der Waals surface area contributed by atoms with Gasteiger partial charge in [-0.2, -0.15) is 0 Å². The molecule has 0 saturated heterocycles. The second kappa shape index (κ2) is 4.38. The number of nitrogens with two attached hydrogens (primary N) is 1. The van der Waals surface area contributed by atoms with Gasteiger partial charge in [0.15, 0.2) is 0 Å². The summed E-state index contributed by atoms with van der Waals surface area (Å²) in [5.41, 5.74) is 6.78. The van der Waals surface area contributed by atoms with Gasteiger partial charge in [0.05, 0.1) is 0 Å². The average Bonchev–Trinajstić information content (AvgIpc) is 2.37. The van der Waals surface area contributed by atoms with Gasteiger partial charge in [-0.3, -0.25) is 0 Å². The van der Waals surface area contributed by atoms with Gasteiger partial charge < -0.3 is 15.3 Å². The lowest BCUT2D eigenvalue weighted by molar-refractivity contribution is 0.473. The van der Waals surface area contributed by atoms with Crippen LogP contribution >= 0.6 is 0 Å². The number of phenolic OH excluding ortho intramolecular Hbond substituents is 1. The molecule has 1 heterocycles. The number of anilines is 1. The Kier molecular flexibility index (Phi) is 2.68. The summed E-state index contributed by atoms with van der Waals surface area (Å²) in [4.78, 5) is 11.6. The quantitative estimate of drug-likeness (QED) is 0.527. The first-order valence-corrected chi connectivity index (χ1v) is 5.87. The monoisotopic (exact) mass is 271 g/mol. The molecule has 3 N–H and O–H groups in total. The standard InChI is InChI=1S/C15H10FNO3/c16-8-1-3-10(13(17)5-8)12-7-15(19)20-14-6-9(18)2-4-11(12)14/h1-7,18H,17H2. The van der Waals surface area contributed by atoms with Crippen LogP contribution in [0.2, 0.25) is 0 Å². The highest BCUT2D eigenvalue weighted by atomic mass is 19.1. The van der Waals surface area contributed by atoms with Crippen LogP contribution in [0.15, 0.2) is 51.7 Å². The third-order valence-corrected chi connectivity index (χ3v) is 3.03. The van der Waals surface area contributed by atoms with Crippen molar-refractivity contribution in [3.8, 4) is 16.9 Å². The third-order valence-electron chi connectivity index (χ3n) is 3.03. The molecule has 0 fully saturated rings. The number of rotatable bonds is 1. The summed E-state index contributed by atoms with van der Waals surface area (Å²) in [5.74, 6) is -0.457. The molecule has 2 aromatic carbocycles. The molecule has 0 atom stereocenters. The van der Waals surface area contributed by atoms with Crippen molar-refractivity contribution in [1.29, 1.82) is 0 Å². The third kappa shape index (κ3) is 1.99. The Bertz CT molecular complexity index is 871. The minimum absolute atomic E-state index is 0.00937. The van der Waals surface area contributed by atoms with E-state index in [2.05, 4.69) is 0 Å². The summed E-state index contributed by atoms with van der Waals surface area (Å²) in [5, 5.41) is 10.0. The van der Waals surface area contributed by atoms with E-state index in [-0.39, 0.29) is 17.0 Å². The van der Waals surface area contributed by atoms with Crippen LogP contribution in [0, 0.1) is 5.82 Å². The van der Waals surface area contributed by atoms with Gasteiger partial charge in [0.1, 0.15) is 17.1 Å². The zero-order valence-corrected chi connectivity index (χ0v) is 10.3. The minimum atomic E-state index is -0.568. The van der Waals surface area contributed by atoms with Crippen molar-refractivity contribution < 1.29 is 13.9 Å². The molecule has 1 aromatic heterocycles. The summed E-state index contributed by atoms with van der Waals surface area (Å²) in [6, 6.07) is 9.70. The first kappa shape index (κ1) is 12.2. The zero-order chi connectivity index (χ0) is 14.3. The van der Waals surface area contributed by atoms with Gasteiger partial charge in [-0.25, -0.2) is 9.18 Å². The van der Waals surface area contributed by atoms with Crippen LogP contribution < -0.4 is 11.4 Å². The predicted molar refractivity (Wildman–Crippen MR) is 74.0 cm³/mol. The fraction of sp³-hybridized carbons (Fsp3) is 0. The first-order chi connectivity index (χ1) is 9.54. The van der Waals surface area contributed by atoms with Crippen LogP contribution in [-0.2, 0) is 0 Å². The number of hydrogen-bond acceptors (Lipinski definition) is 4. The van der Waals surface area contributed by atoms with Gasteiger partial charge in [0, 0.05) is 34.3 Å². The van der Waals surface area contributed by atoms with Crippen LogP contribution in [0.25, 0.3) is 22.1 Å². The molecule has 0 radical (unpaired) electrons. The van der Waals surface area contributed by atoms with E-state index < -0.39 is 11.4 Å². The number of halogens is 1. The molecule has 0 spiro atoms. The highest BCUT2D eigenvalue weighted by Crippen LogP contribution is 2.32. The minimum Gasteiger partial charge on any atom is -0.508 e. The van der Waals surface area contributed by atoms with Gasteiger partial charge in [0.25, 0.3) is 0 Å². The average molecular weight is 271 g/mol. The van der Waals surface area contributed by atoms with Crippen molar-refractivity contribution in [2.24, 2.45) is 0 Å². The van der Waals surface area contributed by atoms with Gasteiger partial charge >= 0.3 is 5.63 Å². The number of hydrogen-bond donors (Lipinski definition) is 2. The lowest BCUT2D eigenvalue weighted by atomic mass is 10.0. The second-order valence-electron chi connectivity index (χ2n) is 4.39. The van der Waals surface area contributed by atoms with Crippen LogP contribution in [0.5, 0.6) is 5.75 Å². The highest BCUT2D eigenvalue weighted by molar-refractivity contribution is 5.96. The lowest BCUT2D eigenvalue weighted by Crippen LogP contribution is -2.00. The van der Waals surface area contributed by atoms with Crippen molar-refractivity contribution in [2.45, 2.75) is 0 Å². The molecule has 3 aromatic rings. The van der Waals surface area contributed by atoms with Crippen LogP contribution in [-0.4, -0.2) is 5.11 Å². The van der Waals surface area contributed by atoms with E-state index in [1.54, 1.807) is 6.07 Å². The van der Waals surface area contributed by atoms with E-state index in [0.717, 1.165) is 0 Å². The fourth-order valence-corrected chi connectivity index (χ4v) is 2.15. The first-order valence-electron chi connectivity index (χ1n) is 5.87. The van der Waals surface area contributed by atoms with Crippen molar-refractivity contribution in [2.75, 3.05) is 5.73 Å². The number of benzene rings is 2. The van der Waals surface area contributed by atoms with E-state index in [4.69, 9.17) is 10.2 Å². The number of nitrogen functional groups attached to an aromatic ring is 1. The maximum Gasteiger partial charge on any atom is 0.336 e. The van der Waals surface area contributed by atoms with Crippen LogP contribution in [0.4, 0.5) is 10.1 Å². The van der Waals surface area contributed by atoms with E-state index in [1.165, 1.54) is 36.4 Å². The molecule has 0 aliphatic heterocycles. The summed E-state index contributed by atoms with van der Waals surface area (Å²) in [7, 11) is 0. The Morgan fingerprint density at radius 1 is 1.05 bits per heavy atom. The van der Waals surface area contributed by atoms with E-state index in [9.17, 15) is 14.3 Å². The second-order valence-corrected chi connectivity index (χ2v) is 4.39. The molecule has 0 bridgehead atoms. The van der Waals surface area contributed by atoms with Crippen molar-refractivity contribution in [3.63, 3.8) is 0 Å². The molecule has 3 rings (SSSR count). The predicted octanol–water partition coefficient (Wildman–Crippen LogP) is 2.89. The van der Waals surface area contributed by atoms with Crippen LogP contribution in [0.1, 0.15) is 0 Å². The van der Waals surface area contributed by atoms with Gasteiger partial charge in [-0.15, -0.1) is 0 Å². The maximum atomic E-state index is 13.1. The Morgan fingerprint density at radius 3 is 2.60 bits per heavy atom. The van der Waals surface area contributed by atoms with Crippen LogP contribution in [0.3, 0.4) is 0 Å². The number of fused-ring (bicyclic) bond motifs is 1. The van der Waals surface area contributed by atoms with Crippen molar-refractivity contribution in [1.82, 2.24) is 0 Å². The Balaban J connectivity index is 2.38. The molecule has 0 unspecified atom stereocenters. The topological polar surface area (TPSA) is 76.5 Å². The Labute approximate surface area is 112 Å². The summed E-state index contributed by atoms with van der Waals surface area (Å²) in [6.07, 6.45) is 0. The SMILES string of the molecule is Nc1cc(F)ccc1-c1cc(=O)oc2cc(O)ccc12.